The minimum atomic E-state index is -1.16. The molecule has 1 atom stereocenters. The van der Waals surface area contributed by atoms with Gasteiger partial charge in [0.2, 0.25) is 8.69 Å². The van der Waals surface area contributed by atoms with Gasteiger partial charge in [-0.15, -0.1) is 0 Å². The van der Waals surface area contributed by atoms with E-state index < -0.39 is 8.69 Å². The minimum absolute atomic E-state index is 0.809. The van der Waals surface area contributed by atoms with Crippen LogP contribution < -0.4 is 4.52 Å². The molecule has 0 aromatic heterocycles. The van der Waals surface area contributed by atoms with Crippen LogP contribution in [-0.4, -0.2) is 0 Å². The highest BCUT2D eigenvalue weighted by atomic mass is 31.1. The molecular weight excluding hydrogens is 351 g/mol. The van der Waals surface area contributed by atoms with Crippen LogP contribution in [0.2, 0.25) is 0 Å². The van der Waals surface area contributed by atoms with Crippen molar-refractivity contribution in [2.45, 2.75) is 116 Å². The highest BCUT2D eigenvalue weighted by Crippen LogP contribution is 2.23. The third-order valence-electron chi connectivity index (χ3n) is 5.45. The van der Waals surface area contributed by atoms with Crippen molar-refractivity contribution in [1.29, 1.82) is 0 Å². The molecule has 27 heavy (non-hydrogen) atoms. The van der Waals surface area contributed by atoms with E-state index in [2.05, 4.69) is 13.0 Å². The smallest absolute Gasteiger partial charge is 0.225 e. The fourth-order valence-corrected chi connectivity index (χ4v) is 4.07. The molecule has 0 spiro atoms. The molecule has 1 unspecified atom stereocenters. The quantitative estimate of drug-likeness (QED) is 0.173. The molecule has 0 bridgehead atoms. The van der Waals surface area contributed by atoms with E-state index in [1.165, 1.54) is 108 Å². The predicted octanol–water partition coefficient (Wildman–Crippen LogP) is 8.54. The Morgan fingerprint density at radius 3 is 1.59 bits per heavy atom. The van der Waals surface area contributed by atoms with Gasteiger partial charge in [0, 0.05) is 0 Å². The Hall–Kier alpha value is -0.750. The van der Waals surface area contributed by atoms with Gasteiger partial charge in [-0.3, -0.25) is 4.57 Å². The zero-order chi connectivity index (χ0) is 19.4. The summed E-state index contributed by atoms with van der Waals surface area (Å²) in [7, 11) is -1.16. The normalized spacial score (nSPS) is 11.4. The second-order valence-corrected chi connectivity index (χ2v) is 8.30. The average molecular weight is 395 g/mol. The molecule has 1 aromatic rings. The van der Waals surface area contributed by atoms with E-state index >= 15 is 0 Å². The van der Waals surface area contributed by atoms with E-state index in [-0.39, 0.29) is 0 Å². The van der Waals surface area contributed by atoms with Crippen molar-refractivity contribution in [3.8, 4) is 5.75 Å². The van der Waals surface area contributed by atoms with Crippen molar-refractivity contribution in [3.63, 3.8) is 0 Å². The van der Waals surface area contributed by atoms with Crippen molar-refractivity contribution >= 4 is 8.69 Å². The Bertz CT molecular complexity index is 461. The zero-order valence-corrected chi connectivity index (χ0v) is 18.9. The molecule has 1 aromatic carbocycles. The van der Waals surface area contributed by atoms with Crippen LogP contribution in [0.15, 0.2) is 24.3 Å². The lowest BCUT2D eigenvalue weighted by atomic mass is 10.0. The number of aryl methyl sites for hydroxylation is 1. The highest BCUT2D eigenvalue weighted by molar-refractivity contribution is 7.17. The van der Waals surface area contributed by atoms with E-state index in [4.69, 9.17) is 4.52 Å². The van der Waals surface area contributed by atoms with E-state index in [0.29, 0.717) is 0 Å². The molecule has 0 aliphatic carbocycles. The largest absolute Gasteiger partial charge is 0.447 e. The van der Waals surface area contributed by atoms with E-state index in [1.54, 1.807) is 0 Å². The maximum atomic E-state index is 10.7. The fourth-order valence-electron chi connectivity index (χ4n) is 3.74. The Labute approximate surface area is 169 Å². The number of hydrogen-bond donors (Lipinski definition) is 0. The number of unbranched alkanes of at least 4 members (excludes halogenated alkanes) is 15. The lowest BCUT2D eigenvalue weighted by Crippen LogP contribution is -1.90. The Morgan fingerprint density at radius 1 is 0.667 bits per heavy atom. The second-order valence-electron chi connectivity index (χ2n) is 7.88. The summed E-state index contributed by atoms with van der Waals surface area (Å²) in [6.07, 6.45) is 23.4. The van der Waals surface area contributed by atoms with Crippen LogP contribution in [0.4, 0.5) is 0 Å². The van der Waals surface area contributed by atoms with E-state index in [1.807, 2.05) is 18.2 Å². The third-order valence-corrected chi connectivity index (χ3v) is 5.80. The van der Waals surface area contributed by atoms with Gasteiger partial charge in [0.15, 0.2) is 0 Å². The van der Waals surface area contributed by atoms with Gasteiger partial charge < -0.3 is 4.52 Å². The monoisotopic (exact) mass is 394 g/mol. The summed E-state index contributed by atoms with van der Waals surface area (Å²) in [4.78, 5) is 0. The molecule has 1 rings (SSSR count). The Kier molecular flexibility index (Phi) is 16.7. The van der Waals surface area contributed by atoms with Crippen LogP contribution in [0.5, 0.6) is 5.75 Å². The molecule has 0 fully saturated rings. The SMILES string of the molecule is CCCCCCCCCCCCCCCCCCc1ccccc1O[PH2]=O. The number of benzene rings is 1. The first-order chi connectivity index (χ1) is 13.4. The van der Waals surface area contributed by atoms with E-state index in [9.17, 15) is 4.57 Å². The summed E-state index contributed by atoms with van der Waals surface area (Å²) in [5.41, 5.74) is 1.20. The molecule has 2 nitrogen and oxygen atoms in total. The zero-order valence-electron chi connectivity index (χ0n) is 17.7. The lowest BCUT2D eigenvalue weighted by Gasteiger charge is -2.07. The molecular formula is C24H43O2P. The molecule has 156 valence electrons. The van der Waals surface area contributed by atoms with E-state index in [0.717, 1.165) is 12.2 Å². The second kappa shape index (κ2) is 18.6. The van der Waals surface area contributed by atoms with Crippen LogP contribution >= 0.6 is 8.69 Å². The van der Waals surface area contributed by atoms with Crippen LogP contribution in [0.1, 0.15) is 115 Å². The number of para-hydroxylation sites is 1. The summed E-state index contributed by atoms with van der Waals surface area (Å²) in [6, 6.07) is 8.00. The maximum absolute atomic E-state index is 10.7. The van der Waals surface area contributed by atoms with Crippen molar-refractivity contribution in [3.05, 3.63) is 29.8 Å². The van der Waals surface area contributed by atoms with Gasteiger partial charge in [0.25, 0.3) is 0 Å². The standard InChI is InChI=1S/C24H43O2P/c1-2-3-4-5-6-7-8-9-10-11-12-13-14-15-16-17-20-23-21-18-19-22-24(23)26-27-25/h18-19,21-22H,2-17,20,27H2,1H3. The first kappa shape index (κ1) is 24.3. The van der Waals surface area contributed by atoms with Gasteiger partial charge in [-0.1, -0.05) is 121 Å². The first-order valence-corrected chi connectivity index (χ1v) is 12.5. The Morgan fingerprint density at radius 2 is 1.11 bits per heavy atom. The van der Waals surface area contributed by atoms with Gasteiger partial charge in [-0.25, -0.2) is 0 Å². The van der Waals surface area contributed by atoms with Gasteiger partial charge in [0.1, 0.15) is 5.75 Å². The summed E-state index contributed by atoms with van der Waals surface area (Å²) in [5, 5.41) is 0. The summed E-state index contributed by atoms with van der Waals surface area (Å²) >= 11 is 0. The minimum Gasteiger partial charge on any atom is -0.447 e. The van der Waals surface area contributed by atoms with Crippen LogP contribution in [0, 0.1) is 0 Å². The van der Waals surface area contributed by atoms with Crippen LogP contribution in [0.3, 0.4) is 0 Å². The van der Waals surface area contributed by atoms with Crippen molar-refractivity contribution < 1.29 is 9.09 Å². The van der Waals surface area contributed by atoms with Gasteiger partial charge in [-0.05, 0) is 24.5 Å². The summed E-state index contributed by atoms with van der Waals surface area (Å²) in [5.74, 6) is 0.809. The third kappa shape index (κ3) is 14.0. The summed E-state index contributed by atoms with van der Waals surface area (Å²) in [6.45, 7) is 2.29. The van der Waals surface area contributed by atoms with Crippen LogP contribution in [0.25, 0.3) is 0 Å². The summed E-state index contributed by atoms with van der Waals surface area (Å²) < 4.78 is 16.0. The molecule has 3 heteroatoms. The highest BCUT2D eigenvalue weighted by Gasteiger charge is 2.02. The van der Waals surface area contributed by atoms with Crippen LogP contribution in [-0.2, 0) is 11.0 Å². The molecule has 0 saturated heterocycles. The molecule has 0 amide bonds. The lowest BCUT2D eigenvalue weighted by molar-refractivity contribution is 0.518. The molecule has 0 heterocycles. The van der Waals surface area contributed by atoms with Crippen molar-refractivity contribution in [2.24, 2.45) is 0 Å². The van der Waals surface area contributed by atoms with Gasteiger partial charge >= 0.3 is 0 Å². The number of hydrogen-bond acceptors (Lipinski definition) is 2. The first-order valence-electron chi connectivity index (χ1n) is 11.6. The molecule has 0 N–H and O–H groups in total. The van der Waals surface area contributed by atoms with Crippen molar-refractivity contribution in [2.75, 3.05) is 0 Å². The average Bonchev–Trinajstić information content (AvgIpc) is 2.69. The predicted molar refractivity (Wildman–Crippen MR) is 121 cm³/mol. The molecule has 0 saturated carbocycles. The molecule has 0 aliphatic rings. The topological polar surface area (TPSA) is 26.3 Å². The fraction of sp³-hybridized carbons (Fsp3) is 0.750. The number of rotatable bonds is 19. The van der Waals surface area contributed by atoms with Gasteiger partial charge in [-0.2, -0.15) is 0 Å². The Balaban J connectivity index is 1.84. The molecule has 0 aliphatic heterocycles. The maximum Gasteiger partial charge on any atom is 0.225 e. The molecule has 0 radical (unpaired) electrons. The van der Waals surface area contributed by atoms with Gasteiger partial charge in [0.05, 0.1) is 0 Å². The van der Waals surface area contributed by atoms with Crippen molar-refractivity contribution in [1.82, 2.24) is 0 Å².